The molecule has 0 saturated carbocycles. The summed E-state index contributed by atoms with van der Waals surface area (Å²) in [6.07, 6.45) is 11.6. The van der Waals surface area contributed by atoms with E-state index in [-0.39, 0.29) is 11.9 Å². The van der Waals surface area contributed by atoms with Crippen molar-refractivity contribution in [3.8, 4) is 0 Å². The lowest BCUT2D eigenvalue weighted by Gasteiger charge is -2.18. The third-order valence-electron chi connectivity index (χ3n) is 4.03. The Morgan fingerprint density at radius 3 is 2.24 bits per heavy atom. The van der Waals surface area contributed by atoms with Gasteiger partial charge in [0.25, 0.3) is 0 Å². The van der Waals surface area contributed by atoms with Crippen LogP contribution in [0.1, 0.15) is 76.3 Å². The summed E-state index contributed by atoms with van der Waals surface area (Å²) in [5, 5.41) is 3.81. The van der Waals surface area contributed by atoms with Crippen LogP contribution < -0.4 is 5.32 Å². The van der Waals surface area contributed by atoms with Crippen molar-refractivity contribution in [1.29, 1.82) is 0 Å². The molecule has 3 heteroatoms. The van der Waals surface area contributed by atoms with Crippen LogP contribution in [0.2, 0.25) is 5.02 Å². The molecule has 1 unspecified atom stereocenters. The third-order valence-corrected chi connectivity index (χ3v) is 4.36. The van der Waals surface area contributed by atoms with Gasteiger partial charge in [0.05, 0.1) is 0 Å². The second kappa shape index (κ2) is 11.0. The first-order chi connectivity index (χ1) is 10.2. The first-order valence-electron chi connectivity index (χ1n) is 8.31. The van der Waals surface area contributed by atoms with Gasteiger partial charge in [0.2, 0.25) is 0 Å². The summed E-state index contributed by atoms with van der Waals surface area (Å²) in [5.41, 5.74) is 1.00. The van der Waals surface area contributed by atoms with Crippen LogP contribution >= 0.6 is 11.6 Å². The van der Waals surface area contributed by atoms with E-state index in [1.807, 2.05) is 7.05 Å². The van der Waals surface area contributed by atoms with E-state index < -0.39 is 0 Å². The summed E-state index contributed by atoms with van der Waals surface area (Å²) in [6, 6.07) is 4.90. The molecule has 0 aliphatic rings. The van der Waals surface area contributed by atoms with Crippen molar-refractivity contribution in [3.63, 3.8) is 0 Å². The Hall–Kier alpha value is -0.600. The number of unbranched alkanes of at least 4 members (excludes halogenated alkanes) is 7. The second-order valence-corrected chi connectivity index (χ2v) is 6.18. The van der Waals surface area contributed by atoms with Crippen LogP contribution in [0.15, 0.2) is 18.2 Å². The molecule has 0 aromatic heterocycles. The Kier molecular flexibility index (Phi) is 9.69. The number of benzene rings is 1. The fraction of sp³-hybridized carbons (Fsp3) is 0.667. The predicted octanol–water partition coefficient (Wildman–Crippen LogP) is 6.27. The average molecular weight is 314 g/mol. The van der Waals surface area contributed by atoms with E-state index in [1.165, 1.54) is 63.5 Å². The van der Waals surface area contributed by atoms with E-state index in [0.29, 0.717) is 5.02 Å². The Bertz CT molecular complexity index is 395. The van der Waals surface area contributed by atoms with Crippen molar-refractivity contribution >= 4 is 11.6 Å². The molecule has 0 saturated heterocycles. The van der Waals surface area contributed by atoms with Crippen LogP contribution in [0.25, 0.3) is 0 Å². The Morgan fingerprint density at radius 2 is 1.67 bits per heavy atom. The highest BCUT2D eigenvalue weighted by Crippen LogP contribution is 2.27. The smallest absolute Gasteiger partial charge is 0.124 e. The molecule has 0 amide bonds. The van der Waals surface area contributed by atoms with E-state index >= 15 is 0 Å². The van der Waals surface area contributed by atoms with Crippen molar-refractivity contribution in [2.24, 2.45) is 0 Å². The number of rotatable bonds is 11. The summed E-state index contributed by atoms with van der Waals surface area (Å²) in [5.74, 6) is -0.273. The summed E-state index contributed by atoms with van der Waals surface area (Å²) in [4.78, 5) is 0. The van der Waals surface area contributed by atoms with E-state index in [0.717, 1.165) is 12.0 Å². The maximum atomic E-state index is 13.1. The maximum Gasteiger partial charge on any atom is 0.124 e. The minimum Gasteiger partial charge on any atom is -0.313 e. The van der Waals surface area contributed by atoms with Gasteiger partial charge in [-0.2, -0.15) is 0 Å². The van der Waals surface area contributed by atoms with Gasteiger partial charge in [0, 0.05) is 11.1 Å². The lowest BCUT2D eigenvalue weighted by Crippen LogP contribution is -2.16. The van der Waals surface area contributed by atoms with Gasteiger partial charge in [-0.3, -0.25) is 0 Å². The maximum absolute atomic E-state index is 13.1. The van der Waals surface area contributed by atoms with E-state index in [9.17, 15) is 4.39 Å². The fourth-order valence-electron chi connectivity index (χ4n) is 2.72. The van der Waals surface area contributed by atoms with Gasteiger partial charge in [-0.05, 0) is 31.2 Å². The molecule has 1 aromatic rings. The van der Waals surface area contributed by atoms with Crippen molar-refractivity contribution in [1.82, 2.24) is 5.32 Å². The zero-order chi connectivity index (χ0) is 15.5. The molecule has 1 aromatic carbocycles. The molecular formula is C18H29ClFN. The summed E-state index contributed by atoms with van der Waals surface area (Å²) in [6.45, 7) is 2.25. The predicted molar refractivity (Wildman–Crippen MR) is 90.4 cm³/mol. The molecule has 21 heavy (non-hydrogen) atoms. The van der Waals surface area contributed by atoms with E-state index in [2.05, 4.69) is 12.2 Å². The molecule has 0 heterocycles. The van der Waals surface area contributed by atoms with Gasteiger partial charge < -0.3 is 5.32 Å². The molecule has 1 N–H and O–H groups in total. The minimum absolute atomic E-state index is 0.221. The number of hydrogen-bond donors (Lipinski definition) is 1. The van der Waals surface area contributed by atoms with Gasteiger partial charge in [-0.15, -0.1) is 0 Å². The number of hydrogen-bond acceptors (Lipinski definition) is 1. The fourth-order valence-corrected chi connectivity index (χ4v) is 3.02. The van der Waals surface area contributed by atoms with Gasteiger partial charge in [0.15, 0.2) is 0 Å². The van der Waals surface area contributed by atoms with Crippen LogP contribution in [0.4, 0.5) is 4.39 Å². The lowest BCUT2D eigenvalue weighted by atomic mass is 9.99. The quantitative estimate of drug-likeness (QED) is 0.475. The third kappa shape index (κ3) is 7.28. The summed E-state index contributed by atoms with van der Waals surface area (Å²) in [7, 11) is 1.94. The SMILES string of the molecule is CCCCCCCCCCC(NC)c1ccc(F)cc1Cl. The summed E-state index contributed by atoms with van der Waals surface area (Å²) >= 11 is 6.13. The van der Waals surface area contributed by atoms with Gasteiger partial charge in [-0.1, -0.05) is 76.0 Å². The number of halogens is 2. The number of nitrogens with one attached hydrogen (secondary N) is 1. The molecule has 1 nitrogen and oxygen atoms in total. The van der Waals surface area contributed by atoms with Crippen molar-refractivity contribution < 1.29 is 4.39 Å². The van der Waals surface area contributed by atoms with Crippen LogP contribution in [-0.4, -0.2) is 7.05 Å². The molecule has 1 atom stereocenters. The largest absolute Gasteiger partial charge is 0.313 e. The highest BCUT2D eigenvalue weighted by Gasteiger charge is 2.12. The van der Waals surface area contributed by atoms with Crippen LogP contribution in [0, 0.1) is 5.82 Å². The highest BCUT2D eigenvalue weighted by molar-refractivity contribution is 6.31. The molecule has 120 valence electrons. The van der Waals surface area contributed by atoms with Crippen LogP contribution in [0.3, 0.4) is 0 Å². The molecular weight excluding hydrogens is 285 g/mol. The molecule has 0 aliphatic carbocycles. The zero-order valence-electron chi connectivity index (χ0n) is 13.4. The van der Waals surface area contributed by atoms with Crippen molar-refractivity contribution in [2.45, 2.75) is 70.8 Å². The van der Waals surface area contributed by atoms with Gasteiger partial charge in [-0.25, -0.2) is 4.39 Å². The van der Waals surface area contributed by atoms with Gasteiger partial charge in [0.1, 0.15) is 5.82 Å². The zero-order valence-corrected chi connectivity index (χ0v) is 14.2. The van der Waals surface area contributed by atoms with Gasteiger partial charge >= 0.3 is 0 Å². The van der Waals surface area contributed by atoms with Crippen LogP contribution in [0.5, 0.6) is 0 Å². The first kappa shape index (κ1) is 18.4. The average Bonchev–Trinajstić information content (AvgIpc) is 2.47. The standard InChI is InChI=1S/C18H29ClFN/c1-3-4-5-6-7-8-9-10-11-18(21-2)16-13-12-15(20)14-17(16)19/h12-14,18,21H,3-11H2,1-2H3. The highest BCUT2D eigenvalue weighted by atomic mass is 35.5. The van der Waals surface area contributed by atoms with E-state index in [1.54, 1.807) is 6.07 Å². The monoisotopic (exact) mass is 313 g/mol. The normalized spacial score (nSPS) is 12.6. The molecule has 0 radical (unpaired) electrons. The topological polar surface area (TPSA) is 12.0 Å². The molecule has 1 rings (SSSR count). The van der Waals surface area contributed by atoms with Crippen LogP contribution in [-0.2, 0) is 0 Å². The molecule has 0 aliphatic heterocycles. The molecule has 0 spiro atoms. The molecule has 0 bridgehead atoms. The second-order valence-electron chi connectivity index (χ2n) is 5.77. The minimum atomic E-state index is -0.273. The Balaban J connectivity index is 2.25. The molecule has 0 fully saturated rings. The van der Waals surface area contributed by atoms with Crippen molar-refractivity contribution in [2.75, 3.05) is 7.05 Å². The van der Waals surface area contributed by atoms with Crippen molar-refractivity contribution in [3.05, 3.63) is 34.6 Å². The lowest BCUT2D eigenvalue weighted by molar-refractivity contribution is 0.493. The Morgan fingerprint density at radius 1 is 1.05 bits per heavy atom. The first-order valence-corrected chi connectivity index (χ1v) is 8.69. The Labute approximate surface area is 134 Å². The van der Waals surface area contributed by atoms with E-state index in [4.69, 9.17) is 11.6 Å². The summed E-state index contributed by atoms with van der Waals surface area (Å²) < 4.78 is 13.1.